The van der Waals surface area contributed by atoms with Gasteiger partial charge in [-0.25, -0.2) is 8.42 Å². The molecule has 2 aromatic carbocycles. The summed E-state index contributed by atoms with van der Waals surface area (Å²) in [4.78, 5) is 28.1. The topological polar surface area (TPSA) is 86.8 Å². The van der Waals surface area contributed by atoms with E-state index in [1.54, 1.807) is 49.4 Å². The first-order valence-electron chi connectivity index (χ1n) is 11.6. The number of benzene rings is 2. The Morgan fingerprint density at radius 1 is 1.06 bits per heavy atom. The summed E-state index contributed by atoms with van der Waals surface area (Å²) in [6.45, 7) is 1.25. The third kappa shape index (κ3) is 7.59. The van der Waals surface area contributed by atoms with Crippen LogP contribution in [0, 0.1) is 0 Å². The van der Waals surface area contributed by atoms with Crippen LogP contribution >= 0.6 is 23.2 Å². The van der Waals surface area contributed by atoms with Crippen molar-refractivity contribution >= 4 is 50.7 Å². The summed E-state index contributed by atoms with van der Waals surface area (Å²) in [6, 6.07) is 12.7. The number of nitrogens with one attached hydrogen (secondary N) is 1. The molecule has 0 heterocycles. The highest BCUT2D eigenvalue weighted by Crippen LogP contribution is 2.27. The predicted molar refractivity (Wildman–Crippen MR) is 140 cm³/mol. The van der Waals surface area contributed by atoms with Gasteiger partial charge in [0, 0.05) is 17.6 Å². The van der Waals surface area contributed by atoms with E-state index >= 15 is 0 Å². The average molecular weight is 541 g/mol. The summed E-state index contributed by atoms with van der Waals surface area (Å²) in [6.07, 6.45) is 6.12. The second kappa shape index (κ2) is 12.1. The zero-order chi connectivity index (χ0) is 25.6. The van der Waals surface area contributed by atoms with Gasteiger partial charge < -0.3 is 10.2 Å². The number of para-hydroxylation sites is 1. The number of amides is 2. The zero-order valence-corrected chi connectivity index (χ0v) is 22.2. The summed E-state index contributed by atoms with van der Waals surface area (Å²) in [7, 11) is -3.84. The minimum absolute atomic E-state index is 0.0810. The first-order chi connectivity index (χ1) is 16.6. The lowest BCUT2D eigenvalue weighted by Crippen LogP contribution is -2.53. The van der Waals surface area contributed by atoms with Gasteiger partial charge in [-0.15, -0.1) is 0 Å². The van der Waals surface area contributed by atoms with Crippen LogP contribution in [0.25, 0.3) is 0 Å². The van der Waals surface area contributed by atoms with Gasteiger partial charge in [0.05, 0.1) is 17.0 Å². The van der Waals surface area contributed by atoms with E-state index in [2.05, 4.69) is 5.32 Å². The number of carbonyl (C=O) groups is 2. The largest absolute Gasteiger partial charge is 0.352 e. The van der Waals surface area contributed by atoms with Gasteiger partial charge in [0.1, 0.15) is 12.6 Å². The number of nitrogens with zero attached hydrogens (tertiary/aromatic N) is 2. The summed E-state index contributed by atoms with van der Waals surface area (Å²) in [5.74, 6) is -0.794. The molecule has 1 saturated carbocycles. The fourth-order valence-corrected chi connectivity index (χ4v) is 5.59. The van der Waals surface area contributed by atoms with Crippen LogP contribution in [0.5, 0.6) is 0 Å². The van der Waals surface area contributed by atoms with Crippen LogP contribution in [0.1, 0.15) is 44.6 Å². The third-order valence-corrected chi connectivity index (χ3v) is 7.84. The minimum Gasteiger partial charge on any atom is -0.352 e. The number of hydrogen-bond acceptors (Lipinski definition) is 4. The number of halogens is 2. The smallest absolute Gasteiger partial charge is 0.244 e. The first-order valence-corrected chi connectivity index (χ1v) is 14.2. The summed E-state index contributed by atoms with van der Waals surface area (Å²) >= 11 is 12.4. The molecule has 0 radical (unpaired) electrons. The Bertz CT molecular complexity index is 1150. The van der Waals surface area contributed by atoms with Crippen molar-refractivity contribution in [1.29, 1.82) is 0 Å². The highest BCUT2D eigenvalue weighted by molar-refractivity contribution is 7.92. The molecule has 1 aliphatic rings. The predicted octanol–water partition coefficient (Wildman–Crippen LogP) is 4.63. The molecular formula is C25H31Cl2N3O4S. The molecule has 2 aromatic rings. The molecule has 10 heteroatoms. The van der Waals surface area contributed by atoms with Gasteiger partial charge in [0.15, 0.2) is 0 Å². The number of anilines is 1. The van der Waals surface area contributed by atoms with Crippen molar-refractivity contribution in [2.75, 3.05) is 17.1 Å². The molecule has 3 rings (SSSR count). The lowest BCUT2D eigenvalue weighted by molar-refractivity contribution is -0.139. The molecule has 1 aliphatic carbocycles. The van der Waals surface area contributed by atoms with Crippen LogP contribution in [0.15, 0.2) is 48.5 Å². The second-order valence-electron chi connectivity index (χ2n) is 8.89. The van der Waals surface area contributed by atoms with Gasteiger partial charge in [0.25, 0.3) is 0 Å². The zero-order valence-electron chi connectivity index (χ0n) is 19.9. The van der Waals surface area contributed by atoms with Gasteiger partial charge in [-0.05, 0) is 49.6 Å². The molecule has 0 aromatic heterocycles. The molecular weight excluding hydrogens is 509 g/mol. The first kappa shape index (κ1) is 27.3. The molecule has 0 spiro atoms. The van der Waals surface area contributed by atoms with Crippen molar-refractivity contribution in [1.82, 2.24) is 10.2 Å². The second-order valence-corrected chi connectivity index (χ2v) is 11.6. The van der Waals surface area contributed by atoms with E-state index in [1.807, 2.05) is 0 Å². The molecule has 7 nitrogen and oxygen atoms in total. The SMILES string of the molecule is C[C@@H](C(=O)NC1CCCCC1)N(Cc1cccc(Cl)c1)C(=O)CN(c1ccccc1Cl)S(C)(=O)=O. The van der Waals surface area contributed by atoms with Crippen molar-refractivity contribution in [3.8, 4) is 0 Å². The van der Waals surface area contributed by atoms with Gasteiger partial charge in [-0.1, -0.05) is 66.7 Å². The lowest BCUT2D eigenvalue weighted by Gasteiger charge is -2.33. The van der Waals surface area contributed by atoms with Gasteiger partial charge in [0.2, 0.25) is 21.8 Å². The fourth-order valence-electron chi connectivity index (χ4n) is 4.23. The summed E-state index contributed by atoms with van der Waals surface area (Å²) < 4.78 is 26.2. The number of carbonyl (C=O) groups excluding carboxylic acids is 2. The Labute approximate surface area is 217 Å². The number of hydrogen-bond donors (Lipinski definition) is 1. The highest BCUT2D eigenvalue weighted by atomic mass is 35.5. The van der Waals surface area contributed by atoms with Gasteiger partial charge in [-0.3, -0.25) is 13.9 Å². The van der Waals surface area contributed by atoms with Crippen molar-refractivity contribution in [2.24, 2.45) is 0 Å². The Hall–Kier alpha value is -2.29. The average Bonchev–Trinajstić information content (AvgIpc) is 2.81. The third-order valence-electron chi connectivity index (χ3n) is 6.16. The lowest BCUT2D eigenvalue weighted by atomic mass is 9.95. The van der Waals surface area contributed by atoms with Crippen molar-refractivity contribution in [3.63, 3.8) is 0 Å². The Morgan fingerprint density at radius 3 is 2.37 bits per heavy atom. The van der Waals surface area contributed by atoms with E-state index in [-0.39, 0.29) is 29.2 Å². The highest BCUT2D eigenvalue weighted by Gasteiger charge is 2.31. The molecule has 2 amide bonds. The van der Waals surface area contributed by atoms with Crippen LogP contribution < -0.4 is 9.62 Å². The maximum absolute atomic E-state index is 13.6. The summed E-state index contributed by atoms with van der Waals surface area (Å²) in [5.41, 5.74) is 0.929. The van der Waals surface area contributed by atoms with Crippen LogP contribution in [0.2, 0.25) is 10.0 Å². The standard InChI is InChI=1S/C25H31Cl2N3O4S/c1-18(25(32)28-21-11-4-3-5-12-21)29(16-19-9-8-10-20(26)15-19)24(31)17-30(35(2,33)34)23-14-7-6-13-22(23)27/h6-10,13-15,18,21H,3-5,11-12,16-17H2,1-2H3,(H,28,32)/t18-/m0/s1. The number of sulfonamides is 1. The molecule has 0 bridgehead atoms. The molecule has 0 aliphatic heterocycles. The van der Waals surface area contributed by atoms with Crippen LogP contribution in [-0.4, -0.2) is 50.0 Å². The molecule has 0 saturated heterocycles. The Balaban J connectivity index is 1.88. The molecule has 190 valence electrons. The summed E-state index contributed by atoms with van der Waals surface area (Å²) in [5, 5.41) is 3.77. The van der Waals surface area contributed by atoms with Crippen molar-refractivity contribution in [2.45, 2.75) is 57.7 Å². The van der Waals surface area contributed by atoms with Crippen LogP contribution in [0.3, 0.4) is 0 Å². The van der Waals surface area contributed by atoms with E-state index in [0.29, 0.717) is 5.02 Å². The number of rotatable bonds is 9. The van der Waals surface area contributed by atoms with Gasteiger partial charge >= 0.3 is 0 Å². The van der Waals surface area contributed by atoms with E-state index in [1.165, 1.54) is 11.0 Å². The fraction of sp³-hybridized carbons (Fsp3) is 0.440. The van der Waals surface area contributed by atoms with E-state index in [9.17, 15) is 18.0 Å². The van der Waals surface area contributed by atoms with E-state index in [4.69, 9.17) is 23.2 Å². The van der Waals surface area contributed by atoms with Crippen LogP contribution in [-0.2, 0) is 26.2 Å². The van der Waals surface area contributed by atoms with Crippen molar-refractivity contribution < 1.29 is 18.0 Å². The van der Waals surface area contributed by atoms with E-state index in [0.717, 1.165) is 48.2 Å². The minimum atomic E-state index is -3.84. The van der Waals surface area contributed by atoms with Crippen molar-refractivity contribution in [3.05, 3.63) is 64.1 Å². The van der Waals surface area contributed by atoms with Crippen LogP contribution in [0.4, 0.5) is 5.69 Å². The molecule has 0 unspecified atom stereocenters. The molecule has 35 heavy (non-hydrogen) atoms. The molecule has 1 fully saturated rings. The quantitative estimate of drug-likeness (QED) is 0.503. The normalized spacial score (nSPS) is 15.3. The Morgan fingerprint density at radius 2 is 1.74 bits per heavy atom. The maximum atomic E-state index is 13.6. The van der Waals surface area contributed by atoms with E-state index < -0.39 is 28.5 Å². The molecule has 1 atom stereocenters. The monoisotopic (exact) mass is 539 g/mol. The van der Waals surface area contributed by atoms with Gasteiger partial charge in [-0.2, -0.15) is 0 Å². The Kier molecular flexibility index (Phi) is 9.44. The maximum Gasteiger partial charge on any atom is 0.244 e. The molecule has 1 N–H and O–H groups in total.